The molecule has 1 amide bonds. The van der Waals surface area contributed by atoms with Gasteiger partial charge >= 0.3 is 0 Å². The van der Waals surface area contributed by atoms with Gasteiger partial charge in [-0.25, -0.2) is 0 Å². The predicted octanol–water partition coefficient (Wildman–Crippen LogP) is 3.56. The lowest BCUT2D eigenvalue weighted by molar-refractivity contribution is -0.121. The Labute approximate surface area is 120 Å². The van der Waals surface area contributed by atoms with Crippen molar-refractivity contribution in [2.24, 2.45) is 11.7 Å². The van der Waals surface area contributed by atoms with Crippen LogP contribution in [0.3, 0.4) is 0 Å². The molecule has 0 radical (unpaired) electrons. The number of anilines is 1. The van der Waals surface area contributed by atoms with Crippen LogP contribution < -0.4 is 11.1 Å². The Kier molecular flexibility index (Phi) is 4.65. The lowest BCUT2D eigenvalue weighted by Gasteiger charge is -2.27. The van der Waals surface area contributed by atoms with Crippen molar-refractivity contribution in [2.75, 3.05) is 5.32 Å². The highest BCUT2D eigenvalue weighted by atomic mass is 79.9. The molecule has 98 valence electrons. The van der Waals surface area contributed by atoms with E-state index in [1.54, 1.807) is 6.07 Å². The first-order valence-corrected chi connectivity index (χ1v) is 7.27. The molecular weight excluding hydrogens is 316 g/mol. The van der Waals surface area contributed by atoms with E-state index in [0.717, 1.165) is 25.7 Å². The summed E-state index contributed by atoms with van der Waals surface area (Å²) in [7, 11) is 0. The third-order valence-corrected chi connectivity index (χ3v) is 4.76. The monoisotopic (exact) mass is 330 g/mol. The van der Waals surface area contributed by atoms with E-state index in [1.807, 2.05) is 12.1 Å². The zero-order valence-electron chi connectivity index (χ0n) is 9.96. The van der Waals surface area contributed by atoms with Crippen LogP contribution in [0.1, 0.15) is 25.7 Å². The van der Waals surface area contributed by atoms with Crippen LogP contribution in [0.25, 0.3) is 0 Å². The highest BCUT2D eigenvalue weighted by Crippen LogP contribution is 2.31. The molecule has 3 N–H and O–H groups in total. The summed E-state index contributed by atoms with van der Waals surface area (Å²) < 4.78 is 0.712. The standard InChI is InChI=1S/C13H16BrClN2O/c14-12-9(15)5-3-7-11(12)17-13(18)8-4-1-2-6-10(8)16/h3,5,7-8,10H,1-2,4,6,16H2,(H,17,18). The second-order valence-electron chi connectivity index (χ2n) is 4.65. The highest BCUT2D eigenvalue weighted by molar-refractivity contribution is 9.10. The van der Waals surface area contributed by atoms with Gasteiger partial charge in [0.25, 0.3) is 0 Å². The summed E-state index contributed by atoms with van der Waals surface area (Å²) in [5.74, 6) is -0.102. The second kappa shape index (κ2) is 6.04. The SMILES string of the molecule is NC1CCCCC1C(=O)Nc1cccc(Cl)c1Br. The zero-order valence-corrected chi connectivity index (χ0v) is 12.3. The van der Waals surface area contributed by atoms with E-state index in [-0.39, 0.29) is 17.9 Å². The molecule has 0 aromatic heterocycles. The van der Waals surface area contributed by atoms with Crippen molar-refractivity contribution >= 4 is 39.1 Å². The van der Waals surface area contributed by atoms with Gasteiger partial charge in [0.15, 0.2) is 0 Å². The van der Waals surface area contributed by atoms with E-state index in [4.69, 9.17) is 17.3 Å². The number of hydrogen-bond donors (Lipinski definition) is 2. The van der Waals surface area contributed by atoms with Crippen LogP contribution in [0.4, 0.5) is 5.69 Å². The fourth-order valence-electron chi connectivity index (χ4n) is 2.31. The molecule has 0 bridgehead atoms. The summed E-state index contributed by atoms with van der Waals surface area (Å²) in [4.78, 5) is 12.2. The Morgan fingerprint density at radius 2 is 2.11 bits per heavy atom. The van der Waals surface area contributed by atoms with Gasteiger partial charge in [0.1, 0.15) is 0 Å². The van der Waals surface area contributed by atoms with Crippen LogP contribution in [0.15, 0.2) is 22.7 Å². The molecule has 2 rings (SSSR count). The van der Waals surface area contributed by atoms with Crippen LogP contribution in [0.2, 0.25) is 5.02 Å². The number of hydrogen-bond acceptors (Lipinski definition) is 2. The Morgan fingerprint density at radius 1 is 1.39 bits per heavy atom. The number of amides is 1. The van der Waals surface area contributed by atoms with Crippen molar-refractivity contribution in [1.82, 2.24) is 0 Å². The average molecular weight is 332 g/mol. The molecule has 1 aromatic carbocycles. The maximum absolute atomic E-state index is 12.2. The van der Waals surface area contributed by atoms with Crippen molar-refractivity contribution in [3.05, 3.63) is 27.7 Å². The minimum atomic E-state index is -0.0929. The van der Waals surface area contributed by atoms with Gasteiger partial charge < -0.3 is 11.1 Å². The molecule has 1 aliphatic carbocycles. The van der Waals surface area contributed by atoms with Crippen molar-refractivity contribution < 1.29 is 4.79 Å². The fraction of sp³-hybridized carbons (Fsp3) is 0.462. The molecule has 1 fully saturated rings. The van der Waals surface area contributed by atoms with E-state index >= 15 is 0 Å². The maximum Gasteiger partial charge on any atom is 0.229 e. The molecule has 5 heteroatoms. The van der Waals surface area contributed by atoms with E-state index in [9.17, 15) is 4.79 Å². The minimum absolute atomic E-state index is 0.00910. The van der Waals surface area contributed by atoms with E-state index in [2.05, 4.69) is 21.2 Å². The van der Waals surface area contributed by atoms with Crippen LogP contribution >= 0.6 is 27.5 Å². The molecule has 18 heavy (non-hydrogen) atoms. The second-order valence-corrected chi connectivity index (χ2v) is 5.85. The highest BCUT2D eigenvalue weighted by Gasteiger charge is 2.28. The van der Waals surface area contributed by atoms with Crippen LogP contribution in [0.5, 0.6) is 0 Å². The van der Waals surface area contributed by atoms with Crippen molar-refractivity contribution in [2.45, 2.75) is 31.7 Å². The molecule has 1 aromatic rings. The van der Waals surface area contributed by atoms with Crippen molar-refractivity contribution in [3.63, 3.8) is 0 Å². The quantitative estimate of drug-likeness (QED) is 0.870. The third-order valence-electron chi connectivity index (χ3n) is 3.37. The number of halogens is 2. The van der Waals surface area contributed by atoms with E-state index in [0.29, 0.717) is 15.2 Å². The van der Waals surface area contributed by atoms with Gasteiger partial charge in [-0.1, -0.05) is 30.5 Å². The predicted molar refractivity (Wildman–Crippen MR) is 77.7 cm³/mol. The molecule has 0 heterocycles. The molecule has 2 unspecified atom stereocenters. The van der Waals surface area contributed by atoms with Crippen LogP contribution in [-0.4, -0.2) is 11.9 Å². The van der Waals surface area contributed by atoms with Gasteiger partial charge in [0.2, 0.25) is 5.91 Å². The maximum atomic E-state index is 12.2. The van der Waals surface area contributed by atoms with Crippen LogP contribution in [-0.2, 0) is 4.79 Å². The first-order chi connectivity index (χ1) is 8.59. The lowest BCUT2D eigenvalue weighted by atomic mass is 9.84. The van der Waals surface area contributed by atoms with Gasteiger partial charge in [0, 0.05) is 6.04 Å². The molecule has 0 spiro atoms. The van der Waals surface area contributed by atoms with Crippen molar-refractivity contribution in [1.29, 1.82) is 0 Å². The average Bonchev–Trinajstić information content (AvgIpc) is 2.35. The van der Waals surface area contributed by atoms with Gasteiger partial charge in [-0.05, 0) is 40.9 Å². The Hall–Kier alpha value is -0.580. The molecule has 1 aliphatic rings. The lowest BCUT2D eigenvalue weighted by Crippen LogP contribution is -2.40. The van der Waals surface area contributed by atoms with E-state index < -0.39 is 0 Å². The Morgan fingerprint density at radius 3 is 2.83 bits per heavy atom. The van der Waals surface area contributed by atoms with E-state index in [1.165, 1.54) is 0 Å². The Bertz CT molecular complexity index is 453. The summed E-state index contributed by atoms with van der Waals surface area (Å²) in [6.45, 7) is 0. The first kappa shape index (κ1) is 13.8. The third kappa shape index (κ3) is 3.05. The van der Waals surface area contributed by atoms with Gasteiger partial charge in [-0.3, -0.25) is 4.79 Å². The summed E-state index contributed by atoms with van der Waals surface area (Å²) in [5, 5.41) is 3.48. The molecular formula is C13H16BrClN2O. The number of nitrogens with two attached hydrogens (primary N) is 1. The molecule has 2 atom stereocenters. The topological polar surface area (TPSA) is 55.1 Å². The zero-order chi connectivity index (χ0) is 13.1. The summed E-state index contributed by atoms with van der Waals surface area (Å²) in [6, 6.07) is 5.37. The number of rotatable bonds is 2. The number of benzene rings is 1. The molecule has 0 aliphatic heterocycles. The minimum Gasteiger partial charge on any atom is -0.327 e. The Balaban J connectivity index is 2.09. The summed E-state index contributed by atoms with van der Waals surface area (Å²) in [6.07, 6.45) is 3.98. The van der Waals surface area contributed by atoms with Crippen molar-refractivity contribution in [3.8, 4) is 0 Å². The molecule has 1 saturated carbocycles. The van der Waals surface area contributed by atoms with Crippen LogP contribution in [0, 0.1) is 5.92 Å². The molecule has 3 nitrogen and oxygen atoms in total. The smallest absolute Gasteiger partial charge is 0.229 e. The largest absolute Gasteiger partial charge is 0.327 e. The number of carbonyl (C=O) groups excluding carboxylic acids is 1. The summed E-state index contributed by atoms with van der Waals surface area (Å²) in [5.41, 5.74) is 6.70. The fourth-order valence-corrected chi connectivity index (χ4v) is 2.85. The van der Waals surface area contributed by atoms with Gasteiger partial charge in [-0.15, -0.1) is 0 Å². The van der Waals surface area contributed by atoms with Gasteiger partial charge in [0.05, 0.1) is 21.1 Å². The summed E-state index contributed by atoms with van der Waals surface area (Å²) >= 11 is 9.36. The first-order valence-electron chi connectivity index (χ1n) is 6.10. The molecule has 0 saturated heterocycles. The van der Waals surface area contributed by atoms with Gasteiger partial charge in [-0.2, -0.15) is 0 Å². The normalized spacial score (nSPS) is 23.7. The number of carbonyl (C=O) groups is 1. The number of nitrogens with one attached hydrogen (secondary N) is 1.